The number of carboxylic acids is 1. The van der Waals surface area contributed by atoms with Crippen LogP contribution in [-0.2, 0) is 24.3 Å². The average molecular weight is 528 g/mol. The van der Waals surface area contributed by atoms with Crippen LogP contribution in [-0.4, -0.2) is 38.4 Å². The number of imidazole rings is 1. The summed E-state index contributed by atoms with van der Waals surface area (Å²) in [6.07, 6.45) is 1.25. The van der Waals surface area contributed by atoms with E-state index in [1.807, 2.05) is 27.7 Å². The zero-order valence-corrected chi connectivity index (χ0v) is 22.5. The van der Waals surface area contributed by atoms with E-state index >= 15 is 0 Å². The Morgan fingerprint density at radius 2 is 1.92 bits per heavy atom. The molecule has 1 atom stereocenters. The van der Waals surface area contributed by atoms with Crippen molar-refractivity contribution < 1.29 is 23.8 Å². The van der Waals surface area contributed by atoms with Crippen LogP contribution in [0.5, 0.6) is 6.01 Å². The highest BCUT2D eigenvalue weighted by Gasteiger charge is 2.23. The number of thiol groups is 1. The van der Waals surface area contributed by atoms with Crippen LogP contribution in [0.25, 0.3) is 11.1 Å². The van der Waals surface area contributed by atoms with Gasteiger partial charge in [0, 0.05) is 0 Å². The van der Waals surface area contributed by atoms with Gasteiger partial charge in [-0.15, -0.1) is 0 Å². The molecule has 2 N–H and O–H groups in total. The van der Waals surface area contributed by atoms with Crippen LogP contribution in [0.3, 0.4) is 0 Å². The summed E-state index contributed by atoms with van der Waals surface area (Å²) >= 11 is 4.44. The van der Waals surface area contributed by atoms with E-state index in [9.17, 15) is 19.1 Å². The van der Waals surface area contributed by atoms with E-state index in [0.717, 1.165) is 11.4 Å². The Bertz CT molecular complexity index is 1260. The Hall–Kier alpha value is -3.33. The predicted octanol–water partition coefficient (Wildman–Crippen LogP) is 5.36. The number of aryl methyl sites for hydroxylation is 1. The van der Waals surface area contributed by atoms with E-state index in [4.69, 9.17) is 4.74 Å². The van der Waals surface area contributed by atoms with Crippen LogP contribution in [0.4, 0.5) is 4.39 Å². The topological polar surface area (TPSA) is 93.5 Å². The maximum Gasteiger partial charge on any atom is 0.336 e. The maximum atomic E-state index is 13.9. The number of carboxylic acid groups (broad SMARTS) is 1. The molecule has 0 fully saturated rings. The summed E-state index contributed by atoms with van der Waals surface area (Å²) in [5, 5.41) is 12.7. The number of benzene rings is 2. The summed E-state index contributed by atoms with van der Waals surface area (Å²) in [6, 6.07) is 11.3. The lowest BCUT2D eigenvalue weighted by Gasteiger charge is -2.18. The van der Waals surface area contributed by atoms with Crippen LogP contribution in [0.15, 0.2) is 42.5 Å². The molecule has 2 aromatic carbocycles. The SMILES string of the molecule is CCOc1nc(CC)c(CNC(=O)[C@@H](S)CC(C)C)n1Cc1cccc(-c2cccc(F)c2)c1C(=O)O. The lowest BCUT2D eigenvalue weighted by Crippen LogP contribution is -2.33. The normalized spacial score (nSPS) is 12.0. The first kappa shape index (κ1) is 28.2. The summed E-state index contributed by atoms with van der Waals surface area (Å²) in [6.45, 7) is 8.59. The summed E-state index contributed by atoms with van der Waals surface area (Å²) in [4.78, 5) is 29.7. The molecule has 0 bridgehead atoms. The van der Waals surface area contributed by atoms with Crippen molar-refractivity contribution in [3.63, 3.8) is 0 Å². The van der Waals surface area contributed by atoms with Gasteiger partial charge >= 0.3 is 5.97 Å². The lowest BCUT2D eigenvalue weighted by molar-refractivity contribution is -0.121. The van der Waals surface area contributed by atoms with Gasteiger partial charge in [0.15, 0.2) is 0 Å². The molecule has 0 saturated carbocycles. The number of carbonyl (C=O) groups excluding carboxylic acids is 1. The van der Waals surface area contributed by atoms with Gasteiger partial charge in [-0.25, -0.2) is 9.18 Å². The van der Waals surface area contributed by atoms with Crippen LogP contribution < -0.4 is 10.1 Å². The third kappa shape index (κ3) is 6.91. The molecule has 9 heteroatoms. The van der Waals surface area contributed by atoms with Gasteiger partial charge in [-0.1, -0.05) is 51.1 Å². The maximum absolute atomic E-state index is 13.9. The Balaban J connectivity index is 2.04. The molecule has 198 valence electrons. The minimum Gasteiger partial charge on any atom is -0.478 e. The number of hydrogen-bond acceptors (Lipinski definition) is 5. The van der Waals surface area contributed by atoms with Gasteiger partial charge in [-0.2, -0.15) is 17.6 Å². The first-order chi connectivity index (χ1) is 17.7. The van der Waals surface area contributed by atoms with Gasteiger partial charge in [-0.3, -0.25) is 9.36 Å². The van der Waals surface area contributed by atoms with Gasteiger partial charge in [0.05, 0.1) is 41.9 Å². The van der Waals surface area contributed by atoms with Gasteiger partial charge in [-0.05, 0) is 54.5 Å². The van der Waals surface area contributed by atoms with Gasteiger partial charge in [0.1, 0.15) is 5.82 Å². The monoisotopic (exact) mass is 527 g/mol. The first-order valence-corrected chi connectivity index (χ1v) is 13.0. The molecule has 0 aliphatic rings. The largest absolute Gasteiger partial charge is 0.478 e. The summed E-state index contributed by atoms with van der Waals surface area (Å²) in [5.74, 6) is -1.42. The standard InChI is InChI=1S/C28H34FN3O4S/c1-5-22-23(15-30-26(33)24(37)13-17(3)4)32(28(31-22)36-6-2)16-19-10-8-12-21(25(19)27(34)35)18-9-7-11-20(29)14-18/h7-12,14,17,24,37H,5-6,13,15-16H2,1-4H3,(H,30,33)(H,34,35)/t24-/m0/s1. The molecular weight excluding hydrogens is 493 g/mol. The lowest BCUT2D eigenvalue weighted by atomic mass is 9.95. The quantitative estimate of drug-likeness (QED) is 0.276. The zero-order valence-electron chi connectivity index (χ0n) is 21.6. The molecule has 1 aromatic heterocycles. The Morgan fingerprint density at radius 1 is 1.19 bits per heavy atom. The number of ether oxygens (including phenoxy) is 1. The molecule has 1 amide bonds. The summed E-state index contributed by atoms with van der Waals surface area (Å²) < 4.78 is 21.5. The van der Waals surface area contributed by atoms with Crippen LogP contribution >= 0.6 is 12.6 Å². The van der Waals surface area contributed by atoms with E-state index in [1.54, 1.807) is 34.9 Å². The molecule has 37 heavy (non-hydrogen) atoms. The Kier molecular flexibility index (Phi) is 9.74. The highest BCUT2D eigenvalue weighted by molar-refractivity contribution is 7.81. The molecule has 0 aliphatic heterocycles. The number of carbonyl (C=O) groups is 2. The van der Waals surface area contributed by atoms with Gasteiger partial charge in [0.25, 0.3) is 6.01 Å². The number of aromatic nitrogens is 2. The van der Waals surface area contributed by atoms with Crippen LogP contribution in [0.1, 0.15) is 61.4 Å². The fraction of sp³-hybridized carbons (Fsp3) is 0.393. The second-order valence-electron chi connectivity index (χ2n) is 9.18. The summed E-state index contributed by atoms with van der Waals surface area (Å²) in [7, 11) is 0. The Labute approximate surface area is 222 Å². The molecule has 0 saturated heterocycles. The van der Waals surface area contributed by atoms with E-state index < -0.39 is 17.0 Å². The van der Waals surface area contributed by atoms with Crippen molar-refractivity contribution in [2.75, 3.05) is 6.61 Å². The van der Waals surface area contributed by atoms with Gasteiger partial charge < -0.3 is 15.2 Å². The predicted molar refractivity (Wildman–Crippen MR) is 145 cm³/mol. The Morgan fingerprint density at radius 3 is 2.54 bits per heavy atom. The second-order valence-corrected chi connectivity index (χ2v) is 9.80. The smallest absolute Gasteiger partial charge is 0.336 e. The second kappa shape index (κ2) is 12.8. The summed E-state index contributed by atoms with van der Waals surface area (Å²) in [5.41, 5.74) is 2.96. The number of hydrogen-bond donors (Lipinski definition) is 3. The van der Waals surface area contributed by atoms with Crippen molar-refractivity contribution in [2.24, 2.45) is 5.92 Å². The van der Waals surface area contributed by atoms with Gasteiger partial charge in [0.2, 0.25) is 5.91 Å². The van der Waals surface area contributed by atoms with Crippen LogP contribution in [0, 0.1) is 11.7 Å². The molecule has 7 nitrogen and oxygen atoms in total. The molecular formula is C28H34FN3O4S. The number of nitrogens with one attached hydrogen (secondary N) is 1. The zero-order chi connectivity index (χ0) is 27.1. The van der Waals surface area contributed by atoms with Crippen LogP contribution in [0.2, 0.25) is 0 Å². The first-order valence-electron chi connectivity index (χ1n) is 12.4. The molecule has 3 aromatic rings. The molecule has 3 rings (SSSR count). The average Bonchev–Trinajstić information content (AvgIpc) is 3.17. The van der Waals surface area contributed by atoms with E-state index in [1.165, 1.54) is 12.1 Å². The van der Waals surface area contributed by atoms with E-state index in [-0.39, 0.29) is 24.6 Å². The van der Waals surface area contributed by atoms with Crippen molar-refractivity contribution in [1.29, 1.82) is 0 Å². The fourth-order valence-electron chi connectivity index (χ4n) is 4.29. The highest BCUT2D eigenvalue weighted by Crippen LogP contribution is 2.30. The molecule has 0 radical (unpaired) electrons. The number of rotatable bonds is 12. The number of nitrogens with zero attached hydrogens (tertiary/aromatic N) is 2. The van der Waals surface area contributed by atoms with Crippen molar-refractivity contribution in [1.82, 2.24) is 14.9 Å². The van der Waals surface area contributed by atoms with Crippen molar-refractivity contribution in [2.45, 2.75) is 58.9 Å². The molecule has 1 heterocycles. The minimum absolute atomic E-state index is 0.0737. The number of amides is 1. The molecule has 0 spiro atoms. The third-order valence-corrected chi connectivity index (χ3v) is 6.43. The van der Waals surface area contributed by atoms with E-state index in [0.29, 0.717) is 48.1 Å². The highest BCUT2D eigenvalue weighted by atomic mass is 32.1. The minimum atomic E-state index is -1.12. The van der Waals surface area contributed by atoms with Crippen molar-refractivity contribution in [3.8, 4) is 17.1 Å². The fourth-order valence-corrected chi connectivity index (χ4v) is 4.80. The number of halogens is 1. The molecule has 0 aliphatic carbocycles. The molecule has 0 unspecified atom stereocenters. The van der Waals surface area contributed by atoms with Crippen molar-refractivity contribution in [3.05, 3.63) is 70.8 Å². The van der Waals surface area contributed by atoms with Crippen molar-refractivity contribution >= 4 is 24.5 Å². The van der Waals surface area contributed by atoms with E-state index in [2.05, 4.69) is 22.9 Å². The number of aromatic carboxylic acids is 1. The third-order valence-electron chi connectivity index (χ3n) is 5.98.